The molecular weight excluding hydrogens is 296 g/mol. The molecular formula is C14H21ClN2O2S. The van der Waals surface area contributed by atoms with E-state index in [0.29, 0.717) is 23.0 Å². The van der Waals surface area contributed by atoms with Crippen LogP contribution in [-0.4, -0.2) is 32.4 Å². The van der Waals surface area contributed by atoms with Crippen molar-refractivity contribution in [2.24, 2.45) is 0 Å². The van der Waals surface area contributed by atoms with Crippen LogP contribution in [0, 0.1) is 6.92 Å². The molecule has 0 heterocycles. The number of hydrogen-bond donors (Lipinski definition) is 1. The van der Waals surface area contributed by atoms with E-state index in [2.05, 4.69) is 5.32 Å². The van der Waals surface area contributed by atoms with E-state index in [9.17, 15) is 8.42 Å². The summed E-state index contributed by atoms with van der Waals surface area (Å²) in [5.74, 6) is 0. The SMILES string of the molecule is CCN(C1CC1)S(=O)(=O)c1cc(Cl)cc(CNC)c1C. The van der Waals surface area contributed by atoms with Crippen molar-refractivity contribution in [1.29, 1.82) is 0 Å². The Labute approximate surface area is 126 Å². The Morgan fingerprint density at radius 2 is 2.05 bits per heavy atom. The lowest BCUT2D eigenvalue weighted by atomic mass is 10.1. The van der Waals surface area contributed by atoms with E-state index in [1.807, 2.05) is 27.0 Å². The van der Waals surface area contributed by atoms with Crippen LogP contribution in [0.4, 0.5) is 0 Å². The topological polar surface area (TPSA) is 49.4 Å². The molecule has 0 saturated heterocycles. The summed E-state index contributed by atoms with van der Waals surface area (Å²) in [6.07, 6.45) is 1.91. The average Bonchev–Trinajstić information content (AvgIpc) is 3.18. The zero-order chi connectivity index (χ0) is 14.9. The number of nitrogens with one attached hydrogen (secondary N) is 1. The van der Waals surface area contributed by atoms with Crippen molar-refractivity contribution in [1.82, 2.24) is 9.62 Å². The molecule has 1 aliphatic rings. The fourth-order valence-corrected chi connectivity index (χ4v) is 4.76. The van der Waals surface area contributed by atoms with Gasteiger partial charge in [-0.3, -0.25) is 0 Å². The monoisotopic (exact) mass is 316 g/mol. The first-order valence-electron chi connectivity index (χ1n) is 6.87. The highest BCUT2D eigenvalue weighted by Gasteiger charge is 2.37. The van der Waals surface area contributed by atoms with E-state index in [-0.39, 0.29) is 6.04 Å². The summed E-state index contributed by atoms with van der Waals surface area (Å²) >= 11 is 6.10. The van der Waals surface area contributed by atoms with Crippen molar-refractivity contribution in [3.8, 4) is 0 Å². The first kappa shape index (κ1) is 15.8. The van der Waals surface area contributed by atoms with Crippen LogP contribution in [0.25, 0.3) is 0 Å². The van der Waals surface area contributed by atoms with Crippen molar-refractivity contribution in [2.75, 3.05) is 13.6 Å². The average molecular weight is 317 g/mol. The van der Waals surface area contributed by atoms with E-state index in [1.54, 1.807) is 10.4 Å². The molecule has 1 fully saturated rings. The fourth-order valence-electron chi connectivity index (χ4n) is 2.46. The van der Waals surface area contributed by atoms with Gasteiger partial charge in [-0.1, -0.05) is 18.5 Å². The van der Waals surface area contributed by atoms with Crippen LogP contribution in [-0.2, 0) is 16.6 Å². The second kappa shape index (κ2) is 6.02. The highest BCUT2D eigenvalue weighted by molar-refractivity contribution is 7.89. The molecule has 4 nitrogen and oxygen atoms in total. The van der Waals surface area contributed by atoms with Gasteiger partial charge in [0.25, 0.3) is 0 Å². The third kappa shape index (κ3) is 3.01. The Kier molecular flexibility index (Phi) is 4.74. The van der Waals surface area contributed by atoms with Crippen molar-refractivity contribution < 1.29 is 8.42 Å². The van der Waals surface area contributed by atoms with Gasteiger partial charge in [0.1, 0.15) is 0 Å². The summed E-state index contributed by atoms with van der Waals surface area (Å²) in [4.78, 5) is 0.337. The molecule has 0 atom stereocenters. The van der Waals surface area contributed by atoms with Gasteiger partial charge in [0, 0.05) is 24.2 Å². The number of benzene rings is 1. The largest absolute Gasteiger partial charge is 0.316 e. The lowest BCUT2D eigenvalue weighted by Gasteiger charge is -2.22. The molecule has 1 saturated carbocycles. The molecule has 1 N–H and O–H groups in total. The van der Waals surface area contributed by atoms with Gasteiger partial charge in [-0.05, 0) is 50.1 Å². The first-order valence-corrected chi connectivity index (χ1v) is 8.69. The van der Waals surface area contributed by atoms with Crippen LogP contribution in [0.1, 0.15) is 30.9 Å². The quantitative estimate of drug-likeness (QED) is 0.877. The molecule has 0 radical (unpaired) electrons. The summed E-state index contributed by atoms with van der Waals surface area (Å²) in [6, 6.07) is 3.55. The molecule has 6 heteroatoms. The Balaban J connectivity index is 2.50. The van der Waals surface area contributed by atoms with Crippen LogP contribution in [0.3, 0.4) is 0 Å². The number of nitrogens with zero attached hydrogens (tertiary/aromatic N) is 1. The predicted octanol–water partition coefficient (Wildman–Crippen LogP) is 2.54. The summed E-state index contributed by atoms with van der Waals surface area (Å²) in [6.45, 7) is 4.83. The molecule has 0 aliphatic heterocycles. The number of hydrogen-bond acceptors (Lipinski definition) is 3. The number of rotatable bonds is 6. The molecule has 0 unspecified atom stereocenters. The van der Waals surface area contributed by atoms with E-state index < -0.39 is 10.0 Å². The summed E-state index contributed by atoms with van der Waals surface area (Å²) in [7, 11) is -1.63. The van der Waals surface area contributed by atoms with Gasteiger partial charge in [-0.2, -0.15) is 4.31 Å². The molecule has 0 spiro atoms. The Morgan fingerprint density at radius 1 is 1.40 bits per heavy atom. The third-order valence-corrected chi connectivity index (χ3v) is 6.02. The van der Waals surface area contributed by atoms with Crippen LogP contribution in [0.5, 0.6) is 0 Å². The maximum absolute atomic E-state index is 12.8. The van der Waals surface area contributed by atoms with E-state index >= 15 is 0 Å². The van der Waals surface area contributed by atoms with Crippen molar-refractivity contribution in [2.45, 2.75) is 44.2 Å². The number of sulfonamides is 1. The second-order valence-electron chi connectivity index (χ2n) is 5.16. The first-order chi connectivity index (χ1) is 9.41. The lowest BCUT2D eigenvalue weighted by molar-refractivity contribution is 0.420. The molecule has 1 aliphatic carbocycles. The second-order valence-corrected chi connectivity index (χ2v) is 7.45. The minimum absolute atomic E-state index is 0.163. The lowest BCUT2D eigenvalue weighted by Crippen LogP contribution is -2.33. The minimum Gasteiger partial charge on any atom is -0.316 e. The Bertz CT molecular complexity index is 597. The molecule has 0 amide bonds. The predicted molar refractivity (Wildman–Crippen MR) is 81.5 cm³/mol. The van der Waals surface area contributed by atoms with Gasteiger partial charge in [-0.15, -0.1) is 0 Å². The molecule has 2 rings (SSSR count). The Morgan fingerprint density at radius 3 is 2.55 bits per heavy atom. The zero-order valence-corrected chi connectivity index (χ0v) is 13.7. The van der Waals surface area contributed by atoms with Gasteiger partial charge in [0.15, 0.2) is 0 Å². The highest BCUT2D eigenvalue weighted by Crippen LogP contribution is 2.34. The molecule has 1 aromatic rings. The molecule has 1 aromatic carbocycles. The van der Waals surface area contributed by atoms with Crippen molar-refractivity contribution in [3.05, 3.63) is 28.3 Å². The molecule has 0 bridgehead atoms. The Hall–Kier alpha value is -0.620. The van der Waals surface area contributed by atoms with Gasteiger partial charge in [0.05, 0.1) is 4.90 Å². The maximum atomic E-state index is 12.8. The van der Waals surface area contributed by atoms with Gasteiger partial charge in [-0.25, -0.2) is 8.42 Å². The zero-order valence-electron chi connectivity index (χ0n) is 12.1. The van der Waals surface area contributed by atoms with Crippen LogP contribution < -0.4 is 5.32 Å². The minimum atomic E-state index is -3.46. The third-order valence-electron chi connectivity index (χ3n) is 3.65. The van der Waals surface area contributed by atoms with E-state index in [0.717, 1.165) is 24.0 Å². The van der Waals surface area contributed by atoms with Gasteiger partial charge >= 0.3 is 0 Å². The van der Waals surface area contributed by atoms with Crippen LogP contribution in [0.15, 0.2) is 17.0 Å². The highest BCUT2D eigenvalue weighted by atomic mass is 35.5. The molecule has 112 valence electrons. The molecule has 20 heavy (non-hydrogen) atoms. The van der Waals surface area contributed by atoms with Crippen LogP contribution >= 0.6 is 11.6 Å². The summed E-state index contributed by atoms with van der Waals surface area (Å²) in [5.41, 5.74) is 1.70. The summed E-state index contributed by atoms with van der Waals surface area (Å²) < 4.78 is 27.2. The van der Waals surface area contributed by atoms with Gasteiger partial charge < -0.3 is 5.32 Å². The maximum Gasteiger partial charge on any atom is 0.243 e. The smallest absolute Gasteiger partial charge is 0.243 e. The van der Waals surface area contributed by atoms with Gasteiger partial charge in [0.2, 0.25) is 10.0 Å². The van der Waals surface area contributed by atoms with E-state index in [4.69, 9.17) is 11.6 Å². The standard InChI is InChI=1S/C14H21ClN2O2S/c1-4-17(13-5-6-13)20(18,19)14-8-12(15)7-11(9-16-3)10(14)2/h7-8,13,16H,4-6,9H2,1-3H3. The van der Waals surface area contributed by atoms with E-state index in [1.165, 1.54) is 0 Å². The molecule has 0 aromatic heterocycles. The van der Waals surface area contributed by atoms with Crippen LogP contribution in [0.2, 0.25) is 5.02 Å². The fraction of sp³-hybridized carbons (Fsp3) is 0.571. The normalized spacial score (nSPS) is 15.8. The van der Waals surface area contributed by atoms with Crippen molar-refractivity contribution in [3.63, 3.8) is 0 Å². The summed E-state index contributed by atoms with van der Waals surface area (Å²) in [5, 5.41) is 3.51. The number of halogens is 1. The van der Waals surface area contributed by atoms with Crippen molar-refractivity contribution >= 4 is 21.6 Å².